The Bertz CT molecular complexity index is 341. The van der Waals surface area contributed by atoms with Gasteiger partial charge in [-0.3, -0.25) is 4.79 Å². The molecule has 4 rings (SSSR count). The summed E-state index contributed by atoms with van der Waals surface area (Å²) in [7, 11) is 0. The summed E-state index contributed by atoms with van der Waals surface area (Å²) >= 11 is 3.45. The van der Waals surface area contributed by atoms with E-state index in [1.807, 2.05) is 0 Å². The summed E-state index contributed by atoms with van der Waals surface area (Å²) in [6, 6.07) is 0. The van der Waals surface area contributed by atoms with Crippen LogP contribution in [0.2, 0.25) is 0 Å². The Morgan fingerprint density at radius 1 is 1.11 bits per heavy atom. The molecule has 4 aliphatic rings. The van der Waals surface area contributed by atoms with Crippen molar-refractivity contribution < 1.29 is 4.79 Å². The Morgan fingerprint density at radius 2 is 1.79 bits per heavy atom. The largest absolute Gasteiger partial charge is 0.325 e. The number of halogens is 1. The maximum atomic E-state index is 12.5. The number of hydrogen-bond donors (Lipinski definition) is 1. The van der Waals surface area contributed by atoms with Crippen LogP contribution in [0.15, 0.2) is 0 Å². The molecular formula is C16H26BrNO. The second-order valence-corrected chi connectivity index (χ2v) is 8.12. The molecule has 4 bridgehead atoms. The zero-order valence-corrected chi connectivity index (χ0v) is 13.3. The quantitative estimate of drug-likeness (QED) is 0.597. The lowest BCUT2D eigenvalue weighted by atomic mass is 9.48. The van der Waals surface area contributed by atoms with Gasteiger partial charge in [0.1, 0.15) is 5.78 Å². The second kappa shape index (κ2) is 5.48. The highest BCUT2D eigenvalue weighted by molar-refractivity contribution is 9.09. The summed E-state index contributed by atoms with van der Waals surface area (Å²) in [5.74, 6) is 3.02. The highest BCUT2D eigenvalue weighted by Gasteiger charge is 2.55. The molecule has 0 radical (unpaired) electrons. The van der Waals surface area contributed by atoms with Crippen molar-refractivity contribution in [3.8, 4) is 0 Å². The predicted octanol–water partition coefficient (Wildman–Crippen LogP) is 3.66. The van der Waals surface area contributed by atoms with E-state index in [0.717, 1.165) is 36.9 Å². The first-order valence-electron chi connectivity index (χ1n) is 7.99. The van der Waals surface area contributed by atoms with Crippen LogP contribution < -0.4 is 5.73 Å². The number of alkyl halides is 1. The summed E-state index contributed by atoms with van der Waals surface area (Å²) in [6.07, 6.45) is 10.3. The molecule has 2 N–H and O–H groups in total. The van der Waals surface area contributed by atoms with E-state index in [1.165, 1.54) is 32.1 Å². The molecule has 108 valence electrons. The third-order valence-electron chi connectivity index (χ3n) is 5.75. The lowest BCUT2D eigenvalue weighted by Crippen LogP contribution is -2.60. The maximum absolute atomic E-state index is 12.5. The van der Waals surface area contributed by atoms with Gasteiger partial charge < -0.3 is 5.73 Å². The van der Waals surface area contributed by atoms with Crippen molar-refractivity contribution in [3.05, 3.63) is 0 Å². The first-order valence-corrected chi connectivity index (χ1v) is 9.11. The molecule has 0 aromatic heterocycles. The SMILES string of the molecule is NC12CC3CC(C1)C(C(=O)CCCCCBr)C(C3)C2. The molecule has 0 amide bonds. The van der Waals surface area contributed by atoms with E-state index < -0.39 is 0 Å². The number of nitrogens with two attached hydrogens (primary N) is 1. The topological polar surface area (TPSA) is 43.1 Å². The first-order chi connectivity index (χ1) is 9.11. The first kappa shape index (κ1) is 14.1. The van der Waals surface area contributed by atoms with Gasteiger partial charge in [0.05, 0.1) is 0 Å². The van der Waals surface area contributed by atoms with Crippen LogP contribution in [0.3, 0.4) is 0 Å². The van der Waals surface area contributed by atoms with Gasteiger partial charge in [-0.05, 0) is 62.7 Å². The van der Waals surface area contributed by atoms with Crippen molar-refractivity contribution >= 4 is 21.7 Å². The van der Waals surface area contributed by atoms with E-state index in [4.69, 9.17) is 5.73 Å². The molecule has 2 nitrogen and oxygen atoms in total. The van der Waals surface area contributed by atoms with Crippen LogP contribution in [0, 0.1) is 23.7 Å². The molecule has 0 saturated heterocycles. The Balaban J connectivity index is 1.58. The number of Topliss-reactive ketones (excluding diaryl/α,β-unsaturated/α-hetero) is 1. The second-order valence-electron chi connectivity index (χ2n) is 7.32. The minimum absolute atomic E-state index is 0.100. The number of rotatable bonds is 6. The molecule has 2 unspecified atom stereocenters. The van der Waals surface area contributed by atoms with E-state index in [-0.39, 0.29) is 5.54 Å². The van der Waals surface area contributed by atoms with Gasteiger partial charge in [-0.25, -0.2) is 0 Å². The predicted molar refractivity (Wildman–Crippen MR) is 81.2 cm³/mol. The smallest absolute Gasteiger partial charge is 0.136 e. The van der Waals surface area contributed by atoms with Crippen molar-refractivity contribution in [1.82, 2.24) is 0 Å². The summed E-state index contributed by atoms with van der Waals surface area (Å²) in [5.41, 5.74) is 6.61. The van der Waals surface area contributed by atoms with Gasteiger partial charge in [0.2, 0.25) is 0 Å². The molecule has 4 saturated carbocycles. The van der Waals surface area contributed by atoms with E-state index in [9.17, 15) is 4.79 Å². The Morgan fingerprint density at radius 3 is 2.37 bits per heavy atom. The van der Waals surface area contributed by atoms with Gasteiger partial charge in [-0.2, -0.15) is 0 Å². The highest BCUT2D eigenvalue weighted by atomic mass is 79.9. The van der Waals surface area contributed by atoms with Gasteiger partial charge in [-0.15, -0.1) is 0 Å². The minimum Gasteiger partial charge on any atom is -0.325 e. The fourth-order valence-electron chi connectivity index (χ4n) is 5.35. The maximum Gasteiger partial charge on any atom is 0.136 e. The fraction of sp³-hybridized carbons (Fsp3) is 0.938. The van der Waals surface area contributed by atoms with E-state index in [0.29, 0.717) is 23.5 Å². The molecular weight excluding hydrogens is 302 g/mol. The van der Waals surface area contributed by atoms with Gasteiger partial charge in [0, 0.05) is 23.2 Å². The minimum atomic E-state index is 0.100. The third-order valence-corrected chi connectivity index (χ3v) is 6.31. The van der Waals surface area contributed by atoms with Gasteiger partial charge in [0.25, 0.3) is 0 Å². The van der Waals surface area contributed by atoms with Gasteiger partial charge in [-0.1, -0.05) is 22.4 Å². The Labute approximate surface area is 125 Å². The normalized spacial score (nSPS) is 43.7. The molecule has 19 heavy (non-hydrogen) atoms. The zero-order chi connectivity index (χ0) is 13.5. The average molecular weight is 328 g/mol. The number of ketones is 1. The van der Waals surface area contributed by atoms with Crippen LogP contribution in [0.4, 0.5) is 0 Å². The van der Waals surface area contributed by atoms with Crippen LogP contribution in [0.1, 0.15) is 57.8 Å². The molecule has 0 aliphatic heterocycles. The molecule has 0 aromatic rings. The summed E-state index contributed by atoms with van der Waals surface area (Å²) in [4.78, 5) is 12.5. The fourth-order valence-corrected chi connectivity index (χ4v) is 5.75. The van der Waals surface area contributed by atoms with E-state index in [1.54, 1.807) is 0 Å². The summed E-state index contributed by atoms with van der Waals surface area (Å²) in [6.45, 7) is 0. The average Bonchev–Trinajstić information content (AvgIpc) is 2.32. The van der Waals surface area contributed by atoms with Crippen LogP contribution >= 0.6 is 15.9 Å². The van der Waals surface area contributed by atoms with Crippen LogP contribution in [-0.4, -0.2) is 16.7 Å². The Hall–Kier alpha value is 0.110. The molecule has 3 heteroatoms. The lowest BCUT2D eigenvalue weighted by molar-refractivity contribution is -0.137. The molecule has 0 spiro atoms. The number of unbranched alkanes of at least 4 members (excludes halogenated alkanes) is 2. The van der Waals surface area contributed by atoms with Crippen molar-refractivity contribution in [3.63, 3.8) is 0 Å². The lowest BCUT2D eigenvalue weighted by Gasteiger charge is -2.58. The molecule has 4 aliphatic carbocycles. The third kappa shape index (κ3) is 2.78. The van der Waals surface area contributed by atoms with Crippen molar-refractivity contribution in [2.24, 2.45) is 29.4 Å². The Kier molecular flexibility index (Phi) is 4.05. The van der Waals surface area contributed by atoms with E-state index >= 15 is 0 Å². The number of carbonyl (C=O) groups is 1. The summed E-state index contributed by atoms with van der Waals surface area (Å²) in [5, 5.41) is 1.06. The van der Waals surface area contributed by atoms with Gasteiger partial charge >= 0.3 is 0 Å². The van der Waals surface area contributed by atoms with Crippen LogP contribution in [-0.2, 0) is 4.79 Å². The number of hydrogen-bond acceptors (Lipinski definition) is 2. The number of carbonyl (C=O) groups excluding carboxylic acids is 1. The standard InChI is InChI=1S/C16H26BrNO/c17-5-3-1-2-4-14(19)15-12-6-11-7-13(15)10-16(18,8-11)9-12/h11-13,15H,1-10,18H2. The van der Waals surface area contributed by atoms with Crippen LogP contribution in [0.25, 0.3) is 0 Å². The van der Waals surface area contributed by atoms with Crippen LogP contribution in [0.5, 0.6) is 0 Å². The van der Waals surface area contributed by atoms with Gasteiger partial charge in [0.15, 0.2) is 0 Å². The monoisotopic (exact) mass is 327 g/mol. The van der Waals surface area contributed by atoms with Crippen molar-refractivity contribution in [2.75, 3.05) is 5.33 Å². The van der Waals surface area contributed by atoms with E-state index in [2.05, 4.69) is 15.9 Å². The molecule has 0 heterocycles. The molecule has 2 atom stereocenters. The van der Waals surface area contributed by atoms with Crippen molar-refractivity contribution in [2.45, 2.75) is 63.3 Å². The van der Waals surface area contributed by atoms with Crippen molar-refractivity contribution in [1.29, 1.82) is 0 Å². The molecule has 0 aromatic carbocycles. The summed E-state index contributed by atoms with van der Waals surface area (Å²) < 4.78 is 0. The highest BCUT2D eigenvalue weighted by Crippen LogP contribution is 2.57. The molecule has 4 fully saturated rings. The zero-order valence-electron chi connectivity index (χ0n) is 11.7.